The summed E-state index contributed by atoms with van der Waals surface area (Å²) in [6.45, 7) is 2.02. The highest BCUT2D eigenvalue weighted by Gasteiger charge is 2.19. The molecule has 1 atom stereocenters. The molecule has 1 unspecified atom stereocenters. The van der Waals surface area contributed by atoms with Crippen molar-refractivity contribution in [3.05, 3.63) is 36.3 Å². The van der Waals surface area contributed by atoms with E-state index < -0.39 is 10.8 Å². The Labute approximate surface area is 103 Å². The van der Waals surface area contributed by atoms with E-state index in [1.807, 2.05) is 35.0 Å². The highest BCUT2D eigenvalue weighted by Crippen LogP contribution is 2.10. The first-order valence-electron chi connectivity index (χ1n) is 5.79. The summed E-state index contributed by atoms with van der Waals surface area (Å²) in [5, 5.41) is 3.20. The lowest BCUT2D eigenvalue weighted by Gasteiger charge is -2.26. The van der Waals surface area contributed by atoms with E-state index in [1.165, 1.54) is 0 Å². The lowest BCUT2D eigenvalue weighted by atomic mass is 10.1. The first-order chi connectivity index (χ1) is 8.31. The minimum atomic E-state index is -0.792. The normalized spacial score (nSPS) is 18.1. The van der Waals surface area contributed by atoms with Crippen molar-refractivity contribution in [2.75, 3.05) is 18.8 Å². The van der Waals surface area contributed by atoms with Gasteiger partial charge in [-0.3, -0.25) is 4.21 Å². The molecule has 0 amide bonds. The monoisotopic (exact) mass is 249 g/mol. The van der Waals surface area contributed by atoms with Crippen LogP contribution in [0, 0.1) is 5.92 Å². The number of nitrogens with zero attached hydrogens (tertiary/aromatic N) is 2. The van der Waals surface area contributed by atoms with Crippen LogP contribution in [0.5, 0.6) is 0 Å². The average Bonchev–Trinajstić information content (AvgIpc) is 2.65. The molecular weight excluding hydrogens is 234 g/mol. The van der Waals surface area contributed by atoms with Crippen molar-refractivity contribution < 1.29 is 4.21 Å². The molecular formula is C12H15N3OS. The summed E-state index contributed by atoms with van der Waals surface area (Å²) in [5.41, 5.74) is 1.84. The van der Waals surface area contributed by atoms with Crippen molar-refractivity contribution in [1.29, 1.82) is 0 Å². The summed E-state index contributed by atoms with van der Waals surface area (Å²) >= 11 is 0. The number of rotatable bonds is 4. The summed E-state index contributed by atoms with van der Waals surface area (Å²) in [5.74, 6) is 1.95. The number of fused-ring (bicyclic) bond motifs is 1. The van der Waals surface area contributed by atoms with Gasteiger partial charge in [0.25, 0.3) is 0 Å². The van der Waals surface area contributed by atoms with E-state index in [0.717, 1.165) is 30.2 Å². The third-order valence-electron chi connectivity index (χ3n) is 3.01. The topological polar surface area (TPSA) is 46.4 Å². The molecule has 0 aliphatic carbocycles. The zero-order chi connectivity index (χ0) is 11.7. The van der Waals surface area contributed by atoms with Crippen LogP contribution in [-0.4, -0.2) is 32.4 Å². The van der Waals surface area contributed by atoms with Gasteiger partial charge in [-0.15, -0.1) is 0 Å². The molecule has 1 aliphatic heterocycles. The number of hydrogen-bond acceptors (Lipinski definition) is 3. The summed E-state index contributed by atoms with van der Waals surface area (Å²) < 4.78 is 13.9. The van der Waals surface area contributed by atoms with E-state index in [2.05, 4.69) is 10.3 Å². The first kappa shape index (κ1) is 10.9. The lowest BCUT2D eigenvalue weighted by Crippen LogP contribution is -2.44. The highest BCUT2D eigenvalue weighted by atomic mass is 32.2. The molecule has 1 saturated heterocycles. The average molecular weight is 249 g/mol. The van der Waals surface area contributed by atoms with Gasteiger partial charge < -0.3 is 9.72 Å². The molecule has 5 heteroatoms. The maximum absolute atomic E-state index is 11.9. The molecule has 0 spiro atoms. The van der Waals surface area contributed by atoms with Crippen molar-refractivity contribution >= 4 is 16.4 Å². The molecule has 3 rings (SSSR count). The van der Waals surface area contributed by atoms with Gasteiger partial charge in [-0.1, -0.05) is 6.07 Å². The third kappa shape index (κ3) is 2.40. The van der Waals surface area contributed by atoms with Crippen molar-refractivity contribution in [1.82, 2.24) is 14.7 Å². The second-order valence-electron chi connectivity index (χ2n) is 4.47. The van der Waals surface area contributed by atoms with E-state index in [9.17, 15) is 4.21 Å². The Kier molecular flexibility index (Phi) is 2.94. The van der Waals surface area contributed by atoms with Gasteiger partial charge in [0.2, 0.25) is 0 Å². The Morgan fingerprint density at radius 2 is 2.35 bits per heavy atom. The fourth-order valence-electron chi connectivity index (χ4n) is 2.01. The van der Waals surface area contributed by atoms with Crippen LogP contribution in [0.3, 0.4) is 0 Å². The molecule has 0 saturated carbocycles. The first-order valence-corrected chi connectivity index (χ1v) is 7.28. The Morgan fingerprint density at radius 1 is 1.47 bits per heavy atom. The van der Waals surface area contributed by atoms with Crippen LogP contribution in [-0.2, 0) is 16.6 Å². The molecule has 17 heavy (non-hydrogen) atoms. The Bertz CT molecular complexity index is 514. The second kappa shape index (κ2) is 4.58. The molecule has 2 aromatic rings. The molecule has 2 aromatic heterocycles. The number of hydrogen-bond donors (Lipinski definition) is 1. The molecule has 1 aliphatic rings. The number of pyridine rings is 1. The van der Waals surface area contributed by atoms with Crippen molar-refractivity contribution in [2.45, 2.75) is 5.75 Å². The van der Waals surface area contributed by atoms with Gasteiger partial charge in [0.15, 0.2) is 0 Å². The van der Waals surface area contributed by atoms with Crippen molar-refractivity contribution in [3.63, 3.8) is 0 Å². The quantitative estimate of drug-likeness (QED) is 0.872. The smallest absolute Gasteiger partial charge is 0.137 e. The molecule has 1 fully saturated rings. The van der Waals surface area contributed by atoms with Crippen LogP contribution in [0.25, 0.3) is 5.65 Å². The summed E-state index contributed by atoms with van der Waals surface area (Å²) in [7, 11) is -0.792. The predicted molar refractivity (Wildman–Crippen MR) is 68.3 cm³/mol. The molecule has 0 aromatic carbocycles. The Balaban J connectivity index is 1.69. The molecule has 0 radical (unpaired) electrons. The van der Waals surface area contributed by atoms with Gasteiger partial charge in [0.1, 0.15) is 5.65 Å². The zero-order valence-corrected chi connectivity index (χ0v) is 10.3. The van der Waals surface area contributed by atoms with Gasteiger partial charge in [-0.25, -0.2) is 4.98 Å². The predicted octanol–water partition coefficient (Wildman–Crippen LogP) is 0.802. The van der Waals surface area contributed by atoms with Gasteiger partial charge >= 0.3 is 0 Å². The maximum Gasteiger partial charge on any atom is 0.137 e. The lowest BCUT2D eigenvalue weighted by molar-refractivity contribution is 0.382. The van der Waals surface area contributed by atoms with Gasteiger partial charge in [0.05, 0.1) is 11.4 Å². The highest BCUT2D eigenvalue weighted by molar-refractivity contribution is 7.84. The fourth-order valence-corrected chi connectivity index (χ4v) is 3.36. The number of aromatic nitrogens is 2. The Hall–Kier alpha value is -1.20. The largest absolute Gasteiger partial charge is 0.316 e. The van der Waals surface area contributed by atoms with Crippen LogP contribution in [0.2, 0.25) is 0 Å². The van der Waals surface area contributed by atoms with Crippen LogP contribution in [0.4, 0.5) is 0 Å². The standard InChI is InChI=1S/C12H15N3OS/c16-17(8-10-5-13-6-10)9-11-7-15-4-2-1-3-12(15)14-11/h1-4,7,10,13H,5-6,8-9H2. The summed E-state index contributed by atoms with van der Waals surface area (Å²) in [6.07, 6.45) is 3.93. The summed E-state index contributed by atoms with van der Waals surface area (Å²) in [4.78, 5) is 4.46. The van der Waals surface area contributed by atoms with Crippen LogP contribution in [0.15, 0.2) is 30.6 Å². The summed E-state index contributed by atoms with van der Waals surface area (Å²) in [6, 6.07) is 5.89. The van der Waals surface area contributed by atoms with Gasteiger partial charge in [-0.2, -0.15) is 0 Å². The van der Waals surface area contributed by atoms with Gasteiger partial charge in [-0.05, 0) is 18.1 Å². The number of imidazole rings is 1. The Morgan fingerprint density at radius 3 is 3.06 bits per heavy atom. The van der Waals surface area contributed by atoms with E-state index in [4.69, 9.17) is 0 Å². The van der Waals surface area contributed by atoms with E-state index >= 15 is 0 Å². The van der Waals surface area contributed by atoms with Crippen LogP contribution in [0.1, 0.15) is 5.69 Å². The van der Waals surface area contributed by atoms with E-state index in [-0.39, 0.29) is 0 Å². The zero-order valence-electron chi connectivity index (χ0n) is 9.50. The molecule has 4 nitrogen and oxygen atoms in total. The molecule has 3 heterocycles. The minimum Gasteiger partial charge on any atom is -0.316 e. The minimum absolute atomic E-state index is 0.568. The molecule has 90 valence electrons. The van der Waals surface area contributed by atoms with E-state index in [1.54, 1.807) is 0 Å². The third-order valence-corrected chi connectivity index (χ3v) is 4.47. The van der Waals surface area contributed by atoms with Gasteiger partial charge in [0, 0.05) is 42.0 Å². The maximum atomic E-state index is 11.9. The molecule has 1 N–H and O–H groups in total. The fraction of sp³-hybridized carbons (Fsp3) is 0.417. The van der Waals surface area contributed by atoms with E-state index in [0.29, 0.717) is 11.7 Å². The molecule has 0 bridgehead atoms. The van der Waals surface area contributed by atoms with Crippen molar-refractivity contribution in [3.8, 4) is 0 Å². The SMILES string of the molecule is O=S(Cc1cn2ccccc2n1)CC1CNC1. The van der Waals surface area contributed by atoms with Crippen LogP contribution >= 0.6 is 0 Å². The second-order valence-corrected chi connectivity index (χ2v) is 5.98. The van der Waals surface area contributed by atoms with Crippen LogP contribution < -0.4 is 5.32 Å². The van der Waals surface area contributed by atoms with Crippen molar-refractivity contribution in [2.24, 2.45) is 5.92 Å². The number of nitrogens with one attached hydrogen (secondary N) is 1.